The Morgan fingerprint density at radius 1 is 0.964 bits per heavy atom. The number of fused-ring (bicyclic) bond motifs is 1. The number of aromatic nitrogens is 1. The van der Waals surface area contributed by atoms with Gasteiger partial charge in [0.15, 0.2) is 5.13 Å². The molecule has 0 saturated carbocycles. The first kappa shape index (κ1) is 20.5. The zero-order chi connectivity index (χ0) is 20.4. The first-order valence-corrected chi connectivity index (χ1v) is 10.5. The lowest BCUT2D eigenvalue weighted by Gasteiger charge is -2.22. The SMILES string of the molecule is Cc1ccc(CC(=O)N(CCN(C)C)c2nc3cc(C)cc(C)c3s2)c(C)c1. The molecule has 4 nitrogen and oxygen atoms in total. The summed E-state index contributed by atoms with van der Waals surface area (Å²) in [5.74, 6) is 0.0993. The van der Waals surface area contributed by atoms with Crippen LogP contribution >= 0.6 is 11.3 Å². The van der Waals surface area contributed by atoms with Crippen molar-refractivity contribution in [1.29, 1.82) is 0 Å². The summed E-state index contributed by atoms with van der Waals surface area (Å²) in [7, 11) is 4.05. The molecule has 3 rings (SSSR count). The summed E-state index contributed by atoms with van der Waals surface area (Å²) in [6.07, 6.45) is 0.396. The highest BCUT2D eigenvalue weighted by atomic mass is 32.1. The number of carbonyl (C=O) groups is 1. The Morgan fingerprint density at radius 3 is 2.36 bits per heavy atom. The van der Waals surface area contributed by atoms with E-state index in [4.69, 9.17) is 4.98 Å². The number of benzene rings is 2. The summed E-state index contributed by atoms with van der Waals surface area (Å²) in [5, 5.41) is 0.792. The highest BCUT2D eigenvalue weighted by Gasteiger charge is 2.21. The number of likely N-dealkylation sites (N-methyl/N-ethyl adjacent to an activating group) is 1. The molecule has 148 valence electrons. The van der Waals surface area contributed by atoms with Crippen molar-refractivity contribution in [3.63, 3.8) is 0 Å². The van der Waals surface area contributed by atoms with E-state index in [9.17, 15) is 4.79 Å². The summed E-state index contributed by atoms with van der Waals surface area (Å²) in [5.41, 5.74) is 6.86. The average Bonchev–Trinajstić information content (AvgIpc) is 3.01. The van der Waals surface area contributed by atoms with E-state index in [2.05, 4.69) is 62.9 Å². The molecule has 3 aromatic rings. The summed E-state index contributed by atoms with van der Waals surface area (Å²) >= 11 is 1.61. The molecule has 0 aliphatic carbocycles. The van der Waals surface area contributed by atoms with Crippen LogP contribution < -0.4 is 4.90 Å². The summed E-state index contributed by atoms with van der Waals surface area (Å²) in [6.45, 7) is 9.78. The maximum absolute atomic E-state index is 13.3. The Kier molecular flexibility index (Phi) is 6.16. The van der Waals surface area contributed by atoms with Gasteiger partial charge in [-0.05, 0) is 70.1 Å². The maximum Gasteiger partial charge on any atom is 0.233 e. The number of thiazole rings is 1. The van der Waals surface area contributed by atoms with Crippen molar-refractivity contribution in [2.24, 2.45) is 0 Å². The van der Waals surface area contributed by atoms with Crippen LogP contribution in [0.2, 0.25) is 0 Å². The summed E-state index contributed by atoms with van der Waals surface area (Å²) < 4.78 is 1.16. The molecule has 0 unspecified atom stereocenters. The van der Waals surface area contributed by atoms with Crippen LogP contribution in [0.25, 0.3) is 10.2 Å². The Morgan fingerprint density at radius 2 is 1.68 bits per heavy atom. The van der Waals surface area contributed by atoms with Crippen LogP contribution in [0.3, 0.4) is 0 Å². The van der Waals surface area contributed by atoms with Crippen molar-refractivity contribution in [1.82, 2.24) is 9.88 Å². The number of hydrogen-bond donors (Lipinski definition) is 0. The van der Waals surface area contributed by atoms with Crippen molar-refractivity contribution in [3.05, 3.63) is 58.1 Å². The minimum absolute atomic E-state index is 0.0993. The molecule has 0 radical (unpaired) electrons. The van der Waals surface area contributed by atoms with E-state index in [1.54, 1.807) is 11.3 Å². The lowest BCUT2D eigenvalue weighted by molar-refractivity contribution is -0.118. The van der Waals surface area contributed by atoms with Gasteiger partial charge in [0.2, 0.25) is 5.91 Å². The normalized spacial score (nSPS) is 11.4. The van der Waals surface area contributed by atoms with Gasteiger partial charge in [-0.3, -0.25) is 9.69 Å². The highest BCUT2D eigenvalue weighted by molar-refractivity contribution is 7.22. The molecule has 1 heterocycles. The lowest BCUT2D eigenvalue weighted by atomic mass is 10.0. The van der Waals surface area contributed by atoms with E-state index in [-0.39, 0.29) is 5.91 Å². The van der Waals surface area contributed by atoms with Gasteiger partial charge in [-0.1, -0.05) is 41.2 Å². The Labute approximate surface area is 171 Å². The number of rotatable bonds is 6. The predicted molar refractivity (Wildman–Crippen MR) is 120 cm³/mol. The van der Waals surface area contributed by atoms with Crippen LogP contribution in [0.15, 0.2) is 30.3 Å². The smallest absolute Gasteiger partial charge is 0.233 e. The number of nitrogens with zero attached hydrogens (tertiary/aromatic N) is 3. The molecule has 0 fully saturated rings. The number of aryl methyl sites for hydroxylation is 4. The molecule has 0 saturated heterocycles. The zero-order valence-corrected chi connectivity index (χ0v) is 18.5. The molecule has 1 aromatic heterocycles. The molecular formula is C23H29N3OS. The van der Waals surface area contributed by atoms with Crippen molar-refractivity contribution in [2.45, 2.75) is 34.1 Å². The van der Waals surface area contributed by atoms with Gasteiger partial charge in [-0.25, -0.2) is 4.98 Å². The Balaban J connectivity index is 1.94. The van der Waals surface area contributed by atoms with E-state index in [0.29, 0.717) is 13.0 Å². The number of hydrogen-bond acceptors (Lipinski definition) is 4. The van der Waals surface area contributed by atoms with Crippen molar-refractivity contribution >= 4 is 32.6 Å². The number of carbonyl (C=O) groups excluding carboxylic acids is 1. The standard InChI is InChI=1S/C23H29N3OS/c1-15-7-8-19(17(3)11-15)14-21(27)26(10-9-25(5)6)23-24-20-13-16(2)12-18(4)22(20)28-23/h7-8,11-13H,9-10,14H2,1-6H3. The van der Waals surface area contributed by atoms with Gasteiger partial charge >= 0.3 is 0 Å². The van der Waals surface area contributed by atoms with Crippen LogP contribution in [0, 0.1) is 27.7 Å². The molecule has 0 aliphatic rings. The van der Waals surface area contributed by atoms with Gasteiger partial charge in [0.25, 0.3) is 0 Å². The lowest BCUT2D eigenvalue weighted by Crippen LogP contribution is -2.37. The zero-order valence-electron chi connectivity index (χ0n) is 17.7. The van der Waals surface area contributed by atoms with Crippen LogP contribution in [-0.4, -0.2) is 43.0 Å². The molecule has 28 heavy (non-hydrogen) atoms. The second-order valence-corrected chi connectivity index (χ2v) is 8.86. The molecule has 0 aliphatic heterocycles. The maximum atomic E-state index is 13.3. The second kappa shape index (κ2) is 8.41. The fourth-order valence-electron chi connectivity index (χ4n) is 3.41. The minimum Gasteiger partial charge on any atom is -0.308 e. The minimum atomic E-state index is 0.0993. The van der Waals surface area contributed by atoms with Gasteiger partial charge in [0.1, 0.15) is 0 Å². The number of amides is 1. The Hall–Kier alpha value is -2.24. The van der Waals surface area contributed by atoms with Crippen LogP contribution in [0.4, 0.5) is 5.13 Å². The molecule has 5 heteroatoms. The fourth-order valence-corrected chi connectivity index (χ4v) is 4.47. The topological polar surface area (TPSA) is 36.4 Å². The van der Waals surface area contributed by atoms with E-state index in [1.807, 2.05) is 19.0 Å². The molecule has 2 aromatic carbocycles. The molecular weight excluding hydrogens is 366 g/mol. The number of anilines is 1. The monoisotopic (exact) mass is 395 g/mol. The van der Waals surface area contributed by atoms with Gasteiger partial charge in [0.05, 0.1) is 16.6 Å². The molecule has 0 bridgehead atoms. The second-order valence-electron chi connectivity index (χ2n) is 7.88. The van der Waals surface area contributed by atoms with E-state index >= 15 is 0 Å². The van der Waals surface area contributed by atoms with Crippen molar-refractivity contribution < 1.29 is 4.79 Å². The molecule has 0 spiro atoms. The first-order valence-electron chi connectivity index (χ1n) is 9.63. The van der Waals surface area contributed by atoms with E-state index < -0.39 is 0 Å². The first-order chi connectivity index (χ1) is 13.2. The predicted octanol–water partition coefficient (Wildman–Crippen LogP) is 4.67. The third-order valence-corrected chi connectivity index (χ3v) is 6.18. The van der Waals surface area contributed by atoms with Crippen molar-refractivity contribution in [2.75, 3.05) is 32.1 Å². The third kappa shape index (κ3) is 4.59. The van der Waals surface area contributed by atoms with Crippen LogP contribution in [0.1, 0.15) is 27.8 Å². The summed E-state index contributed by atoms with van der Waals surface area (Å²) in [6, 6.07) is 10.5. The highest BCUT2D eigenvalue weighted by Crippen LogP contribution is 2.32. The molecule has 0 N–H and O–H groups in total. The third-order valence-electron chi connectivity index (χ3n) is 4.95. The average molecular weight is 396 g/mol. The molecule has 1 amide bonds. The van der Waals surface area contributed by atoms with Gasteiger partial charge in [-0.15, -0.1) is 0 Å². The van der Waals surface area contributed by atoms with Gasteiger partial charge in [0, 0.05) is 13.1 Å². The van der Waals surface area contributed by atoms with Gasteiger partial charge in [-0.2, -0.15) is 0 Å². The molecule has 0 atom stereocenters. The summed E-state index contributed by atoms with van der Waals surface area (Å²) in [4.78, 5) is 22.0. The quantitative estimate of drug-likeness (QED) is 0.609. The largest absolute Gasteiger partial charge is 0.308 e. The van der Waals surface area contributed by atoms with Crippen LogP contribution in [0.5, 0.6) is 0 Å². The van der Waals surface area contributed by atoms with E-state index in [1.165, 1.54) is 16.7 Å². The fraction of sp³-hybridized carbons (Fsp3) is 0.391. The Bertz CT molecular complexity index is 1010. The van der Waals surface area contributed by atoms with E-state index in [0.717, 1.165) is 33.0 Å². The van der Waals surface area contributed by atoms with Crippen LogP contribution in [-0.2, 0) is 11.2 Å². The van der Waals surface area contributed by atoms with Crippen molar-refractivity contribution in [3.8, 4) is 0 Å². The van der Waals surface area contributed by atoms with Gasteiger partial charge < -0.3 is 4.90 Å².